The Bertz CT molecular complexity index is 112. The molecule has 1 aliphatic rings. The summed E-state index contributed by atoms with van der Waals surface area (Å²) < 4.78 is 5.64. The Kier molecular flexibility index (Phi) is 2.94. The van der Waals surface area contributed by atoms with E-state index in [1.807, 2.05) is 7.11 Å². The van der Waals surface area contributed by atoms with Gasteiger partial charge in [0, 0.05) is 7.11 Å². The van der Waals surface area contributed by atoms with E-state index in [2.05, 4.69) is 13.8 Å². The minimum atomic E-state index is 0.220. The molecule has 11 heavy (non-hydrogen) atoms. The molecule has 0 spiro atoms. The first-order valence-corrected chi connectivity index (χ1v) is 4.76. The monoisotopic (exact) mass is 156 g/mol. The van der Waals surface area contributed by atoms with Crippen molar-refractivity contribution in [3.8, 4) is 0 Å². The maximum Gasteiger partial charge on any atom is 0.0701 e. The van der Waals surface area contributed by atoms with E-state index in [4.69, 9.17) is 4.74 Å². The lowest BCUT2D eigenvalue weighted by molar-refractivity contribution is -0.0738. The Balaban J connectivity index is 2.57. The van der Waals surface area contributed by atoms with Crippen LogP contribution in [0, 0.1) is 5.92 Å². The van der Waals surface area contributed by atoms with Crippen LogP contribution >= 0.6 is 0 Å². The lowest BCUT2D eigenvalue weighted by Crippen LogP contribution is -2.39. The van der Waals surface area contributed by atoms with E-state index in [9.17, 15) is 0 Å². The zero-order chi connectivity index (χ0) is 8.32. The van der Waals surface area contributed by atoms with Crippen molar-refractivity contribution in [3.05, 3.63) is 0 Å². The van der Waals surface area contributed by atoms with Gasteiger partial charge in [-0.15, -0.1) is 0 Å². The third kappa shape index (κ3) is 1.76. The second-order valence-electron chi connectivity index (χ2n) is 3.98. The molecule has 0 heterocycles. The van der Waals surface area contributed by atoms with Gasteiger partial charge < -0.3 is 4.74 Å². The molecular weight excluding hydrogens is 136 g/mol. The van der Waals surface area contributed by atoms with Gasteiger partial charge in [-0.25, -0.2) is 0 Å². The van der Waals surface area contributed by atoms with E-state index in [0.29, 0.717) is 5.92 Å². The molecule has 1 heteroatoms. The normalized spacial score (nSPS) is 24.0. The average molecular weight is 156 g/mol. The third-order valence-corrected chi connectivity index (χ3v) is 3.16. The molecule has 0 aliphatic heterocycles. The number of hydrogen-bond acceptors (Lipinski definition) is 1. The fraction of sp³-hybridized carbons (Fsp3) is 1.00. The molecule has 0 aromatic carbocycles. The summed E-state index contributed by atoms with van der Waals surface area (Å²) in [6, 6.07) is 0. The lowest BCUT2D eigenvalue weighted by Gasteiger charge is -2.39. The van der Waals surface area contributed by atoms with Crippen LogP contribution < -0.4 is 0 Å². The zero-order valence-electron chi connectivity index (χ0n) is 8.02. The van der Waals surface area contributed by atoms with Gasteiger partial charge in [0.2, 0.25) is 0 Å². The Labute approximate surface area is 70.1 Å². The molecule has 1 nitrogen and oxygen atoms in total. The Morgan fingerprint density at radius 2 is 1.64 bits per heavy atom. The first kappa shape index (κ1) is 9.05. The van der Waals surface area contributed by atoms with Gasteiger partial charge in [-0.3, -0.25) is 0 Å². The highest BCUT2D eigenvalue weighted by molar-refractivity contribution is 4.86. The Morgan fingerprint density at radius 3 is 1.91 bits per heavy atom. The van der Waals surface area contributed by atoms with Gasteiger partial charge in [0.1, 0.15) is 0 Å². The van der Waals surface area contributed by atoms with Crippen LogP contribution in [0.25, 0.3) is 0 Å². The lowest BCUT2D eigenvalue weighted by atomic mass is 9.77. The van der Waals surface area contributed by atoms with E-state index in [-0.39, 0.29) is 5.60 Å². The maximum atomic E-state index is 5.64. The second kappa shape index (κ2) is 3.57. The fourth-order valence-corrected chi connectivity index (χ4v) is 2.17. The van der Waals surface area contributed by atoms with E-state index < -0.39 is 0 Å². The molecule has 0 N–H and O–H groups in total. The molecule has 0 atom stereocenters. The number of hydrogen-bond donors (Lipinski definition) is 0. The van der Waals surface area contributed by atoms with Crippen molar-refractivity contribution >= 4 is 0 Å². The summed E-state index contributed by atoms with van der Waals surface area (Å²) in [4.78, 5) is 0. The summed E-state index contributed by atoms with van der Waals surface area (Å²) in [7, 11) is 1.87. The predicted octanol–water partition coefficient (Wildman–Crippen LogP) is 2.99. The van der Waals surface area contributed by atoms with Gasteiger partial charge in [0.25, 0.3) is 0 Å². The highest BCUT2D eigenvalue weighted by atomic mass is 16.5. The van der Waals surface area contributed by atoms with E-state index in [0.717, 1.165) is 0 Å². The van der Waals surface area contributed by atoms with Crippen LogP contribution in [0.3, 0.4) is 0 Å². The van der Waals surface area contributed by atoms with E-state index in [1.54, 1.807) is 0 Å². The summed E-state index contributed by atoms with van der Waals surface area (Å²) >= 11 is 0. The molecule has 1 fully saturated rings. The Hall–Kier alpha value is -0.0400. The van der Waals surface area contributed by atoms with Crippen molar-refractivity contribution in [1.29, 1.82) is 0 Å². The quantitative estimate of drug-likeness (QED) is 0.597. The first-order chi connectivity index (χ1) is 5.21. The van der Waals surface area contributed by atoms with Gasteiger partial charge in [0.15, 0.2) is 0 Å². The summed E-state index contributed by atoms with van der Waals surface area (Å²) in [5.41, 5.74) is 0.220. The van der Waals surface area contributed by atoms with Gasteiger partial charge >= 0.3 is 0 Å². The topological polar surface area (TPSA) is 9.23 Å². The predicted molar refractivity (Wildman–Crippen MR) is 47.7 cm³/mol. The third-order valence-electron chi connectivity index (χ3n) is 3.16. The molecular formula is C10H20O. The number of rotatable bonds is 2. The largest absolute Gasteiger partial charge is 0.378 e. The highest BCUT2D eigenvalue weighted by Crippen LogP contribution is 2.36. The minimum absolute atomic E-state index is 0.220. The number of ether oxygens (including phenoxy) is 1. The van der Waals surface area contributed by atoms with Crippen molar-refractivity contribution in [2.24, 2.45) is 5.92 Å². The van der Waals surface area contributed by atoms with Crippen LogP contribution in [0.15, 0.2) is 0 Å². The van der Waals surface area contributed by atoms with Gasteiger partial charge in [0.05, 0.1) is 5.60 Å². The summed E-state index contributed by atoms with van der Waals surface area (Å²) in [5, 5.41) is 0. The molecule has 0 bridgehead atoms. The van der Waals surface area contributed by atoms with Crippen molar-refractivity contribution in [3.63, 3.8) is 0 Å². The molecule has 0 amide bonds. The molecule has 0 radical (unpaired) electrons. The summed E-state index contributed by atoms with van der Waals surface area (Å²) in [6.45, 7) is 4.55. The smallest absolute Gasteiger partial charge is 0.0701 e. The summed E-state index contributed by atoms with van der Waals surface area (Å²) in [5.74, 6) is 0.674. The van der Waals surface area contributed by atoms with Gasteiger partial charge in [-0.2, -0.15) is 0 Å². The van der Waals surface area contributed by atoms with Crippen LogP contribution in [0.5, 0.6) is 0 Å². The zero-order valence-corrected chi connectivity index (χ0v) is 8.02. The van der Waals surface area contributed by atoms with Crippen LogP contribution in [0.4, 0.5) is 0 Å². The Morgan fingerprint density at radius 1 is 1.09 bits per heavy atom. The molecule has 0 unspecified atom stereocenters. The van der Waals surface area contributed by atoms with Crippen molar-refractivity contribution in [2.45, 2.75) is 51.6 Å². The highest BCUT2D eigenvalue weighted by Gasteiger charge is 2.34. The van der Waals surface area contributed by atoms with Crippen molar-refractivity contribution in [1.82, 2.24) is 0 Å². The number of methoxy groups -OCH3 is 1. The van der Waals surface area contributed by atoms with Crippen molar-refractivity contribution in [2.75, 3.05) is 7.11 Å². The average Bonchev–Trinajstić information content (AvgIpc) is 2.05. The van der Waals surface area contributed by atoms with Gasteiger partial charge in [-0.05, 0) is 18.8 Å². The standard InChI is InChI=1S/C10H20O/c1-9(2)10(11-3)7-5-4-6-8-10/h9H,4-8H2,1-3H3. The van der Waals surface area contributed by atoms with Gasteiger partial charge in [-0.1, -0.05) is 33.1 Å². The van der Waals surface area contributed by atoms with Crippen LogP contribution in [0.1, 0.15) is 46.0 Å². The maximum absolute atomic E-state index is 5.64. The second-order valence-corrected chi connectivity index (χ2v) is 3.98. The molecule has 1 aliphatic carbocycles. The summed E-state index contributed by atoms with van der Waals surface area (Å²) in [6.07, 6.45) is 6.64. The fourth-order valence-electron chi connectivity index (χ4n) is 2.17. The van der Waals surface area contributed by atoms with E-state index in [1.165, 1.54) is 32.1 Å². The first-order valence-electron chi connectivity index (χ1n) is 4.76. The van der Waals surface area contributed by atoms with Crippen LogP contribution in [0.2, 0.25) is 0 Å². The molecule has 1 saturated carbocycles. The molecule has 66 valence electrons. The molecule has 1 rings (SSSR count). The molecule has 0 saturated heterocycles. The van der Waals surface area contributed by atoms with E-state index >= 15 is 0 Å². The van der Waals surface area contributed by atoms with Crippen molar-refractivity contribution < 1.29 is 4.74 Å². The van der Waals surface area contributed by atoms with Crippen LogP contribution in [-0.2, 0) is 4.74 Å². The molecule has 0 aromatic rings. The van der Waals surface area contributed by atoms with Crippen LogP contribution in [-0.4, -0.2) is 12.7 Å². The SMILES string of the molecule is COC1(C(C)C)CCCCC1. The minimum Gasteiger partial charge on any atom is -0.378 e. The molecule has 0 aromatic heterocycles.